The van der Waals surface area contributed by atoms with Gasteiger partial charge in [0, 0.05) is 18.3 Å². The van der Waals surface area contributed by atoms with Crippen LogP contribution in [0.3, 0.4) is 0 Å². The zero-order chi connectivity index (χ0) is 20.6. The summed E-state index contributed by atoms with van der Waals surface area (Å²) in [5.74, 6) is 0.820. The summed E-state index contributed by atoms with van der Waals surface area (Å²) in [6, 6.07) is 13.0. The number of para-hydroxylation sites is 1. The third-order valence-corrected chi connectivity index (χ3v) is 5.25. The van der Waals surface area contributed by atoms with Crippen LogP contribution in [0.1, 0.15) is 5.56 Å². The molecular weight excluding hydrogens is 372 g/mol. The van der Waals surface area contributed by atoms with E-state index in [0.29, 0.717) is 18.8 Å². The Hall–Kier alpha value is -2.84. The van der Waals surface area contributed by atoms with Crippen molar-refractivity contribution >= 4 is 17.1 Å². The molecule has 156 valence electrons. The molecule has 8 nitrogen and oxygen atoms in total. The lowest BCUT2D eigenvalue weighted by Crippen LogP contribution is -3.15. The lowest BCUT2D eigenvalue weighted by atomic mass is 10.2. The van der Waals surface area contributed by atoms with Crippen molar-refractivity contribution in [3.63, 3.8) is 0 Å². The number of hydrogen-bond donors (Lipinski definition) is 3. The second-order valence-electron chi connectivity index (χ2n) is 7.21. The minimum absolute atomic E-state index is 0.0641. The fourth-order valence-electron chi connectivity index (χ4n) is 3.58. The Kier molecular flexibility index (Phi) is 7.26. The maximum Gasteiger partial charge on any atom is 0.292 e. The summed E-state index contributed by atoms with van der Waals surface area (Å²) in [6.45, 7) is 7.45. The molecule has 3 N–H and O–H groups in total. The largest absolute Gasteiger partial charge is 0.491 e. The molecule has 1 saturated heterocycles. The number of nitro groups is 1. The first-order valence-electron chi connectivity index (χ1n) is 9.98. The molecule has 0 aromatic heterocycles. The van der Waals surface area contributed by atoms with Crippen molar-refractivity contribution in [3.8, 4) is 5.75 Å². The van der Waals surface area contributed by atoms with Crippen molar-refractivity contribution in [2.75, 3.05) is 62.7 Å². The maximum atomic E-state index is 11.4. The van der Waals surface area contributed by atoms with Crippen molar-refractivity contribution < 1.29 is 19.7 Å². The van der Waals surface area contributed by atoms with Crippen LogP contribution in [0.25, 0.3) is 0 Å². The van der Waals surface area contributed by atoms with Gasteiger partial charge in [0.25, 0.3) is 5.69 Å². The summed E-state index contributed by atoms with van der Waals surface area (Å²) in [6.07, 6.45) is 0. The van der Waals surface area contributed by atoms with E-state index in [2.05, 4.69) is 10.2 Å². The molecule has 2 aromatic carbocycles. The standard InChI is InChI=1S/C21H28N4O4/c1-17-4-2-3-5-21(17)29-15-8-22-19-16-18(6-7-20(19)25(27)28)24-11-9-23(10-12-24)13-14-26/h2-7,16,22,26H,8-15H2,1H3/p+1. The van der Waals surface area contributed by atoms with E-state index < -0.39 is 0 Å². The number of hydrogen-bond acceptors (Lipinski definition) is 6. The number of quaternary nitrogens is 1. The number of nitrogens with zero attached hydrogens (tertiary/aromatic N) is 2. The van der Waals surface area contributed by atoms with Gasteiger partial charge in [0.1, 0.15) is 24.6 Å². The molecular formula is C21H29N4O4+. The Bertz CT molecular complexity index is 822. The second kappa shape index (κ2) is 10.1. The first-order valence-corrected chi connectivity index (χ1v) is 9.98. The number of aryl methyl sites for hydroxylation is 1. The van der Waals surface area contributed by atoms with Crippen molar-refractivity contribution in [3.05, 3.63) is 58.1 Å². The number of ether oxygens (including phenoxy) is 1. The van der Waals surface area contributed by atoms with Crippen LogP contribution >= 0.6 is 0 Å². The summed E-state index contributed by atoms with van der Waals surface area (Å²) < 4.78 is 5.77. The van der Waals surface area contributed by atoms with E-state index in [-0.39, 0.29) is 17.2 Å². The first kappa shape index (κ1) is 20.9. The first-order chi connectivity index (χ1) is 14.1. The highest BCUT2D eigenvalue weighted by molar-refractivity contribution is 5.69. The van der Waals surface area contributed by atoms with Crippen LogP contribution in [0.5, 0.6) is 5.75 Å². The summed E-state index contributed by atoms with van der Waals surface area (Å²) in [4.78, 5) is 14.7. The zero-order valence-corrected chi connectivity index (χ0v) is 16.8. The highest BCUT2D eigenvalue weighted by Crippen LogP contribution is 2.29. The quantitative estimate of drug-likeness (QED) is 0.331. The highest BCUT2D eigenvalue weighted by atomic mass is 16.6. The third-order valence-electron chi connectivity index (χ3n) is 5.25. The minimum atomic E-state index is -0.363. The fraction of sp³-hybridized carbons (Fsp3) is 0.429. The van der Waals surface area contributed by atoms with Gasteiger partial charge in [-0.05, 0) is 30.7 Å². The molecule has 0 bridgehead atoms. The predicted octanol–water partition coefficient (Wildman–Crippen LogP) is 1.09. The van der Waals surface area contributed by atoms with Gasteiger partial charge in [0.05, 0.1) is 37.7 Å². The van der Waals surface area contributed by atoms with Crippen LogP contribution < -0.4 is 19.9 Å². The van der Waals surface area contributed by atoms with Crippen molar-refractivity contribution in [1.29, 1.82) is 0 Å². The second-order valence-corrected chi connectivity index (χ2v) is 7.21. The van der Waals surface area contributed by atoms with Crippen LogP contribution in [0.15, 0.2) is 42.5 Å². The molecule has 0 atom stereocenters. The van der Waals surface area contributed by atoms with Gasteiger partial charge in [0.2, 0.25) is 0 Å². The number of aliphatic hydroxyl groups excluding tert-OH is 1. The Morgan fingerprint density at radius 3 is 2.69 bits per heavy atom. The Labute approximate surface area is 170 Å². The third kappa shape index (κ3) is 5.58. The van der Waals surface area contributed by atoms with E-state index in [4.69, 9.17) is 9.84 Å². The number of nitro benzene ring substituents is 1. The normalized spacial score (nSPS) is 14.6. The number of nitrogens with one attached hydrogen (secondary N) is 2. The highest BCUT2D eigenvalue weighted by Gasteiger charge is 2.22. The van der Waals surface area contributed by atoms with Gasteiger partial charge >= 0.3 is 0 Å². The van der Waals surface area contributed by atoms with Gasteiger partial charge < -0.3 is 25.0 Å². The number of anilines is 2. The van der Waals surface area contributed by atoms with Crippen LogP contribution in [0.2, 0.25) is 0 Å². The van der Waals surface area contributed by atoms with Gasteiger partial charge in [-0.2, -0.15) is 0 Å². The molecule has 1 aliphatic heterocycles. The van der Waals surface area contributed by atoms with Crippen LogP contribution in [-0.4, -0.2) is 62.5 Å². The molecule has 1 heterocycles. The van der Waals surface area contributed by atoms with Crippen molar-refractivity contribution in [2.45, 2.75) is 6.92 Å². The van der Waals surface area contributed by atoms with Crippen molar-refractivity contribution in [2.24, 2.45) is 0 Å². The number of benzene rings is 2. The van der Waals surface area contributed by atoms with E-state index in [1.807, 2.05) is 43.3 Å². The van der Waals surface area contributed by atoms with Crippen LogP contribution in [0, 0.1) is 17.0 Å². The molecule has 0 amide bonds. The number of piperazine rings is 1. The van der Waals surface area contributed by atoms with Crippen LogP contribution in [0.4, 0.5) is 17.1 Å². The lowest BCUT2D eigenvalue weighted by Gasteiger charge is -2.33. The smallest absolute Gasteiger partial charge is 0.292 e. The van der Waals surface area contributed by atoms with E-state index in [9.17, 15) is 10.1 Å². The topological polar surface area (TPSA) is 92.3 Å². The molecule has 1 aliphatic rings. The lowest BCUT2D eigenvalue weighted by molar-refractivity contribution is -0.900. The molecule has 3 rings (SSSR count). The molecule has 0 saturated carbocycles. The summed E-state index contributed by atoms with van der Waals surface area (Å²) in [5, 5.41) is 23.7. The molecule has 0 radical (unpaired) electrons. The molecule has 0 spiro atoms. The number of rotatable bonds is 9. The van der Waals surface area contributed by atoms with Gasteiger partial charge in [-0.25, -0.2) is 0 Å². The monoisotopic (exact) mass is 401 g/mol. The fourth-order valence-corrected chi connectivity index (χ4v) is 3.58. The average molecular weight is 401 g/mol. The SMILES string of the molecule is Cc1ccccc1OCCNc1cc(N2CC[NH+](CCO)CC2)ccc1[N+](=O)[O-]. The van der Waals surface area contributed by atoms with E-state index in [1.165, 1.54) is 4.90 Å². The summed E-state index contributed by atoms with van der Waals surface area (Å²) >= 11 is 0. The van der Waals surface area contributed by atoms with E-state index >= 15 is 0 Å². The van der Waals surface area contributed by atoms with E-state index in [0.717, 1.165) is 49.7 Å². The summed E-state index contributed by atoms with van der Waals surface area (Å²) in [7, 11) is 0. The van der Waals surface area contributed by atoms with Gasteiger partial charge in [-0.15, -0.1) is 0 Å². The summed E-state index contributed by atoms with van der Waals surface area (Å²) in [5.41, 5.74) is 2.60. The molecule has 29 heavy (non-hydrogen) atoms. The van der Waals surface area contributed by atoms with E-state index in [1.54, 1.807) is 6.07 Å². The van der Waals surface area contributed by atoms with Crippen LogP contribution in [-0.2, 0) is 0 Å². The number of aliphatic hydroxyl groups is 1. The van der Waals surface area contributed by atoms with Gasteiger partial charge in [0.15, 0.2) is 0 Å². The van der Waals surface area contributed by atoms with Gasteiger partial charge in [-0.1, -0.05) is 18.2 Å². The van der Waals surface area contributed by atoms with Crippen molar-refractivity contribution in [1.82, 2.24) is 0 Å². The molecule has 0 unspecified atom stereocenters. The molecule has 2 aromatic rings. The minimum Gasteiger partial charge on any atom is -0.491 e. The Morgan fingerprint density at radius 2 is 2.00 bits per heavy atom. The predicted molar refractivity (Wildman–Crippen MR) is 113 cm³/mol. The Morgan fingerprint density at radius 1 is 1.24 bits per heavy atom. The Balaban J connectivity index is 1.61. The van der Waals surface area contributed by atoms with Gasteiger partial charge in [-0.3, -0.25) is 10.1 Å². The molecule has 0 aliphatic carbocycles. The molecule has 1 fully saturated rings. The average Bonchev–Trinajstić information content (AvgIpc) is 2.73. The maximum absolute atomic E-state index is 11.4. The molecule has 8 heteroatoms. The zero-order valence-electron chi connectivity index (χ0n) is 16.8.